The molecule has 0 aromatic heterocycles. The first-order valence-corrected chi connectivity index (χ1v) is 4.97. The van der Waals surface area contributed by atoms with Gasteiger partial charge in [0.1, 0.15) is 0 Å². The van der Waals surface area contributed by atoms with E-state index in [9.17, 15) is 4.79 Å². The van der Waals surface area contributed by atoms with E-state index in [0.29, 0.717) is 0 Å². The number of carbonyl (C=O) groups excluding carboxylic acids is 1. The van der Waals surface area contributed by atoms with E-state index in [-0.39, 0.29) is 11.3 Å². The molecular formula is C10H22N2O. The van der Waals surface area contributed by atoms with Crippen molar-refractivity contribution in [1.82, 2.24) is 10.6 Å². The van der Waals surface area contributed by atoms with E-state index < -0.39 is 0 Å². The Hall–Kier alpha value is -0.570. The minimum absolute atomic E-state index is 0.116. The summed E-state index contributed by atoms with van der Waals surface area (Å²) in [4.78, 5) is 11.4. The normalized spacial score (nSPS) is 11.4. The van der Waals surface area contributed by atoms with Crippen molar-refractivity contribution < 1.29 is 4.79 Å². The average molecular weight is 186 g/mol. The van der Waals surface area contributed by atoms with Crippen LogP contribution in [-0.4, -0.2) is 25.5 Å². The van der Waals surface area contributed by atoms with Crippen LogP contribution in [0.1, 0.15) is 34.1 Å². The number of rotatable bonds is 5. The van der Waals surface area contributed by atoms with Gasteiger partial charge < -0.3 is 10.6 Å². The minimum atomic E-state index is -0.273. The van der Waals surface area contributed by atoms with Gasteiger partial charge in [-0.05, 0) is 13.0 Å². The molecule has 3 heteroatoms. The van der Waals surface area contributed by atoms with Crippen LogP contribution in [0.2, 0.25) is 0 Å². The van der Waals surface area contributed by atoms with Crippen LogP contribution in [0.25, 0.3) is 0 Å². The van der Waals surface area contributed by atoms with E-state index in [1.807, 2.05) is 20.8 Å². The van der Waals surface area contributed by atoms with Gasteiger partial charge >= 0.3 is 0 Å². The monoisotopic (exact) mass is 186 g/mol. The van der Waals surface area contributed by atoms with Crippen molar-refractivity contribution in [1.29, 1.82) is 0 Å². The Balaban J connectivity index is 3.38. The van der Waals surface area contributed by atoms with E-state index >= 15 is 0 Å². The van der Waals surface area contributed by atoms with Crippen LogP contribution in [0.15, 0.2) is 0 Å². The lowest BCUT2D eigenvalue weighted by atomic mass is 9.96. The van der Waals surface area contributed by atoms with Crippen LogP contribution < -0.4 is 10.6 Å². The average Bonchev–Trinajstić information content (AvgIpc) is 2.02. The Bertz CT molecular complexity index is 149. The Morgan fingerprint density at radius 1 is 1.15 bits per heavy atom. The first kappa shape index (κ1) is 12.4. The number of hydrogen-bond donors (Lipinski definition) is 2. The first-order valence-electron chi connectivity index (χ1n) is 4.97. The van der Waals surface area contributed by atoms with Gasteiger partial charge in [0.2, 0.25) is 5.91 Å². The molecule has 0 saturated heterocycles. The fourth-order valence-electron chi connectivity index (χ4n) is 0.831. The van der Waals surface area contributed by atoms with Crippen LogP contribution in [0.5, 0.6) is 0 Å². The summed E-state index contributed by atoms with van der Waals surface area (Å²) in [7, 11) is 0. The predicted octanol–water partition coefficient (Wildman–Crippen LogP) is 1.15. The van der Waals surface area contributed by atoms with Gasteiger partial charge in [-0.3, -0.25) is 4.79 Å². The molecule has 0 spiro atoms. The van der Waals surface area contributed by atoms with Gasteiger partial charge in [-0.2, -0.15) is 0 Å². The second-order valence-electron chi connectivity index (χ2n) is 4.26. The van der Waals surface area contributed by atoms with Gasteiger partial charge in [0, 0.05) is 18.5 Å². The molecule has 1 amide bonds. The lowest BCUT2D eigenvalue weighted by Crippen LogP contribution is -2.38. The Labute approximate surface area is 81.3 Å². The van der Waals surface area contributed by atoms with Crippen LogP contribution in [0.4, 0.5) is 0 Å². The van der Waals surface area contributed by atoms with Crippen molar-refractivity contribution in [2.24, 2.45) is 5.41 Å². The highest BCUT2D eigenvalue weighted by Gasteiger charge is 2.19. The number of amides is 1. The summed E-state index contributed by atoms with van der Waals surface area (Å²) in [5.74, 6) is 0.116. The molecule has 3 nitrogen and oxygen atoms in total. The topological polar surface area (TPSA) is 41.1 Å². The number of hydrogen-bond acceptors (Lipinski definition) is 2. The van der Waals surface area contributed by atoms with Gasteiger partial charge in [-0.1, -0.05) is 27.7 Å². The summed E-state index contributed by atoms with van der Waals surface area (Å²) >= 11 is 0. The number of nitrogens with one attached hydrogen (secondary N) is 2. The summed E-state index contributed by atoms with van der Waals surface area (Å²) in [6, 6.07) is 0. The van der Waals surface area contributed by atoms with Gasteiger partial charge in [-0.15, -0.1) is 0 Å². The second kappa shape index (κ2) is 5.97. The maximum atomic E-state index is 11.4. The Morgan fingerprint density at radius 3 is 2.23 bits per heavy atom. The third-order valence-electron chi connectivity index (χ3n) is 1.70. The van der Waals surface area contributed by atoms with Crippen LogP contribution in [0, 0.1) is 5.41 Å². The van der Waals surface area contributed by atoms with Gasteiger partial charge in [0.25, 0.3) is 0 Å². The highest BCUT2D eigenvalue weighted by atomic mass is 16.2. The molecule has 0 aromatic carbocycles. The van der Waals surface area contributed by atoms with Crippen LogP contribution in [-0.2, 0) is 4.79 Å². The highest BCUT2D eigenvalue weighted by Crippen LogP contribution is 2.11. The fourth-order valence-corrected chi connectivity index (χ4v) is 0.831. The third-order valence-corrected chi connectivity index (χ3v) is 1.70. The molecule has 0 unspecified atom stereocenters. The lowest BCUT2D eigenvalue weighted by Gasteiger charge is -2.17. The van der Waals surface area contributed by atoms with Crippen LogP contribution >= 0.6 is 0 Å². The van der Waals surface area contributed by atoms with E-state index in [0.717, 1.165) is 26.1 Å². The quantitative estimate of drug-likeness (QED) is 0.632. The van der Waals surface area contributed by atoms with E-state index in [1.165, 1.54) is 0 Å². The largest absolute Gasteiger partial charge is 0.354 e. The van der Waals surface area contributed by atoms with Crippen molar-refractivity contribution in [2.75, 3.05) is 19.6 Å². The van der Waals surface area contributed by atoms with E-state index in [2.05, 4.69) is 17.6 Å². The van der Waals surface area contributed by atoms with E-state index in [4.69, 9.17) is 0 Å². The van der Waals surface area contributed by atoms with Gasteiger partial charge in [0.05, 0.1) is 0 Å². The molecule has 0 aromatic rings. The zero-order valence-corrected chi connectivity index (χ0v) is 9.24. The number of carbonyl (C=O) groups is 1. The van der Waals surface area contributed by atoms with Gasteiger partial charge in [-0.25, -0.2) is 0 Å². The molecule has 2 N–H and O–H groups in total. The molecule has 0 aliphatic heterocycles. The molecule has 0 bridgehead atoms. The Morgan fingerprint density at radius 2 is 1.77 bits per heavy atom. The summed E-state index contributed by atoms with van der Waals surface area (Å²) in [6.45, 7) is 10.5. The zero-order valence-electron chi connectivity index (χ0n) is 9.24. The highest BCUT2D eigenvalue weighted by molar-refractivity contribution is 5.81. The molecule has 0 heterocycles. The molecule has 13 heavy (non-hydrogen) atoms. The molecule has 78 valence electrons. The molecule has 0 aliphatic rings. The summed E-state index contributed by atoms with van der Waals surface area (Å²) in [5, 5.41) is 6.11. The molecule has 0 radical (unpaired) electrons. The molecule has 0 rings (SSSR count). The van der Waals surface area contributed by atoms with Crippen molar-refractivity contribution in [3.05, 3.63) is 0 Å². The first-order chi connectivity index (χ1) is 5.98. The SMILES string of the molecule is CCCNCCNC(=O)C(C)(C)C. The maximum Gasteiger partial charge on any atom is 0.225 e. The molecule has 0 atom stereocenters. The van der Waals surface area contributed by atoms with Crippen molar-refractivity contribution in [2.45, 2.75) is 34.1 Å². The van der Waals surface area contributed by atoms with Crippen LogP contribution in [0.3, 0.4) is 0 Å². The second-order valence-corrected chi connectivity index (χ2v) is 4.26. The predicted molar refractivity (Wildman–Crippen MR) is 55.6 cm³/mol. The van der Waals surface area contributed by atoms with Crippen molar-refractivity contribution >= 4 is 5.91 Å². The molecule has 0 fully saturated rings. The summed E-state index contributed by atoms with van der Waals surface area (Å²) in [5.41, 5.74) is -0.273. The molecular weight excluding hydrogens is 164 g/mol. The summed E-state index contributed by atoms with van der Waals surface area (Å²) in [6.07, 6.45) is 1.13. The maximum absolute atomic E-state index is 11.4. The zero-order chi connectivity index (χ0) is 10.3. The molecule has 0 aliphatic carbocycles. The summed E-state index contributed by atoms with van der Waals surface area (Å²) < 4.78 is 0. The lowest BCUT2D eigenvalue weighted by molar-refractivity contribution is -0.128. The molecule has 0 saturated carbocycles. The third kappa shape index (κ3) is 6.58. The van der Waals surface area contributed by atoms with Gasteiger partial charge in [0.15, 0.2) is 0 Å². The van der Waals surface area contributed by atoms with Crippen molar-refractivity contribution in [3.8, 4) is 0 Å². The minimum Gasteiger partial charge on any atom is -0.354 e. The van der Waals surface area contributed by atoms with E-state index in [1.54, 1.807) is 0 Å². The Kier molecular flexibility index (Phi) is 5.71. The standard InChI is InChI=1S/C10H22N2O/c1-5-6-11-7-8-12-9(13)10(2,3)4/h11H,5-8H2,1-4H3,(H,12,13). The van der Waals surface area contributed by atoms with Crippen molar-refractivity contribution in [3.63, 3.8) is 0 Å². The smallest absolute Gasteiger partial charge is 0.225 e. The fraction of sp³-hybridized carbons (Fsp3) is 0.900.